The maximum atomic E-state index is 12.9. The van der Waals surface area contributed by atoms with Crippen LogP contribution in [0.4, 0.5) is 10.1 Å². The van der Waals surface area contributed by atoms with E-state index in [9.17, 15) is 17.6 Å². The van der Waals surface area contributed by atoms with Gasteiger partial charge in [-0.15, -0.1) is 0 Å². The van der Waals surface area contributed by atoms with E-state index in [2.05, 4.69) is 5.32 Å². The third kappa shape index (κ3) is 5.74. The molecule has 0 fully saturated rings. The Balaban J connectivity index is 2.05. The lowest BCUT2D eigenvalue weighted by Crippen LogP contribution is -2.30. The van der Waals surface area contributed by atoms with Crippen molar-refractivity contribution in [3.63, 3.8) is 0 Å². The van der Waals surface area contributed by atoms with Crippen molar-refractivity contribution in [3.05, 3.63) is 58.9 Å². The molecule has 9 heteroatoms. The van der Waals surface area contributed by atoms with Crippen LogP contribution in [0.1, 0.15) is 5.56 Å². The van der Waals surface area contributed by atoms with Gasteiger partial charge in [0.1, 0.15) is 5.82 Å². The molecule has 27 heavy (non-hydrogen) atoms. The summed E-state index contributed by atoms with van der Waals surface area (Å²) >= 11 is 6.08. The molecule has 2 aromatic carbocycles. The van der Waals surface area contributed by atoms with Crippen molar-refractivity contribution < 1.29 is 17.6 Å². The number of nitrogens with one attached hydrogen (secondary N) is 1. The van der Waals surface area contributed by atoms with Gasteiger partial charge < -0.3 is 5.32 Å². The molecule has 2 aromatic rings. The third-order valence-electron chi connectivity index (χ3n) is 3.77. The monoisotopic (exact) mass is 413 g/mol. The summed E-state index contributed by atoms with van der Waals surface area (Å²) in [6, 6.07) is 10.2. The van der Waals surface area contributed by atoms with E-state index in [1.807, 2.05) is 0 Å². The number of benzene rings is 2. The number of amides is 1. The van der Waals surface area contributed by atoms with E-state index in [4.69, 9.17) is 11.6 Å². The minimum absolute atomic E-state index is 0.0341. The van der Waals surface area contributed by atoms with Crippen molar-refractivity contribution in [2.75, 3.05) is 33.0 Å². The Hall–Kier alpha value is -2.00. The van der Waals surface area contributed by atoms with Gasteiger partial charge in [0.2, 0.25) is 15.9 Å². The van der Waals surface area contributed by atoms with E-state index in [1.165, 1.54) is 44.4 Å². The van der Waals surface area contributed by atoms with E-state index in [0.717, 1.165) is 9.87 Å². The fraction of sp³-hybridized carbons (Fsp3) is 0.278. The van der Waals surface area contributed by atoms with Gasteiger partial charge >= 0.3 is 0 Å². The quantitative estimate of drug-likeness (QED) is 0.757. The summed E-state index contributed by atoms with van der Waals surface area (Å²) in [5.41, 5.74) is 1.09. The minimum atomic E-state index is -3.64. The van der Waals surface area contributed by atoms with Crippen molar-refractivity contribution in [1.29, 1.82) is 0 Å². The maximum absolute atomic E-state index is 12.9. The molecule has 2 rings (SSSR count). The molecule has 0 saturated heterocycles. The van der Waals surface area contributed by atoms with Crippen LogP contribution >= 0.6 is 11.6 Å². The number of hydrogen-bond donors (Lipinski definition) is 1. The number of carbonyl (C=O) groups excluding carboxylic acids is 1. The largest absolute Gasteiger partial charge is 0.324 e. The van der Waals surface area contributed by atoms with Gasteiger partial charge in [0, 0.05) is 20.6 Å². The molecule has 0 aromatic heterocycles. The number of sulfonamides is 1. The van der Waals surface area contributed by atoms with Gasteiger partial charge in [0.25, 0.3) is 0 Å². The lowest BCUT2D eigenvalue weighted by molar-refractivity contribution is -0.117. The summed E-state index contributed by atoms with van der Waals surface area (Å²) in [5, 5.41) is 2.87. The summed E-state index contributed by atoms with van der Waals surface area (Å²) in [4.78, 5) is 14.1. The molecule has 0 radical (unpaired) electrons. The van der Waals surface area contributed by atoms with Gasteiger partial charge in [-0.05, 0) is 42.9 Å². The van der Waals surface area contributed by atoms with Crippen LogP contribution in [0.2, 0.25) is 5.02 Å². The SMILES string of the molecule is CN(CC(=O)Nc1cc(S(=O)(=O)N(C)C)ccc1Cl)Cc1ccc(F)cc1. The Kier molecular flexibility index (Phi) is 6.94. The van der Waals surface area contributed by atoms with Gasteiger partial charge in [-0.3, -0.25) is 9.69 Å². The average Bonchev–Trinajstić information content (AvgIpc) is 2.58. The Bertz CT molecular complexity index is 918. The molecule has 0 atom stereocenters. The molecule has 0 aliphatic carbocycles. The Morgan fingerprint density at radius 1 is 1.11 bits per heavy atom. The molecule has 0 aliphatic rings. The van der Waals surface area contributed by atoms with Crippen molar-refractivity contribution in [2.24, 2.45) is 0 Å². The van der Waals surface area contributed by atoms with Gasteiger partial charge in [0.15, 0.2) is 0 Å². The maximum Gasteiger partial charge on any atom is 0.242 e. The van der Waals surface area contributed by atoms with E-state index < -0.39 is 10.0 Å². The molecule has 6 nitrogen and oxygen atoms in total. The molecule has 0 bridgehead atoms. The van der Waals surface area contributed by atoms with Crippen LogP contribution in [0.25, 0.3) is 0 Å². The number of nitrogens with zero attached hydrogens (tertiary/aromatic N) is 2. The molecular formula is C18H21ClFN3O3S. The summed E-state index contributed by atoms with van der Waals surface area (Å²) < 4.78 is 38.5. The van der Waals surface area contributed by atoms with Gasteiger partial charge in [-0.1, -0.05) is 23.7 Å². The molecular weight excluding hydrogens is 393 g/mol. The number of halogens is 2. The Morgan fingerprint density at radius 3 is 2.33 bits per heavy atom. The average molecular weight is 414 g/mol. The molecule has 1 amide bonds. The molecule has 0 heterocycles. The van der Waals surface area contributed by atoms with Crippen LogP contribution in [0.15, 0.2) is 47.4 Å². The number of likely N-dealkylation sites (N-methyl/N-ethyl adjacent to an activating group) is 1. The molecule has 0 spiro atoms. The standard InChI is InChI=1S/C18H21ClFN3O3S/c1-22(2)27(25,26)15-8-9-16(19)17(10-15)21-18(24)12-23(3)11-13-4-6-14(20)7-5-13/h4-10H,11-12H2,1-3H3,(H,21,24). The highest BCUT2D eigenvalue weighted by atomic mass is 35.5. The number of anilines is 1. The molecule has 0 saturated carbocycles. The van der Waals surface area contributed by atoms with Crippen LogP contribution in [-0.2, 0) is 21.4 Å². The van der Waals surface area contributed by atoms with E-state index in [-0.39, 0.29) is 33.9 Å². The second-order valence-electron chi connectivity index (χ2n) is 6.28. The van der Waals surface area contributed by atoms with Crippen LogP contribution in [-0.4, -0.2) is 51.2 Å². The zero-order valence-corrected chi connectivity index (χ0v) is 16.8. The number of hydrogen-bond acceptors (Lipinski definition) is 4. The normalized spacial score (nSPS) is 11.8. The van der Waals surface area contributed by atoms with E-state index in [1.54, 1.807) is 24.1 Å². The highest BCUT2D eigenvalue weighted by Gasteiger charge is 2.19. The first-order valence-electron chi connectivity index (χ1n) is 8.04. The second-order valence-corrected chi connectivity index (χ2v) is 8.84. The Morgan fingerprint density at radius 2 is 1.74 bits per heavy atom. The van der Waals surface area contributed by atoms with Crippen molar-refractivity contribution >= 4 is 33.2 Å². The fourth-order valence-electron chi connectivity index (χ4n) is 2.36. The molecule has 0 aliphatic heterocycles. The van der Waals surface area contributed by atoms with Gasteiger partial charge in [-0.25, -0.2) is 17.1 Å². The van der Waals surface area contributed by atoms with Crippen LogP contribution in [0.5, 0.6) is 0 Å². The lowest BCUT2D eigenvalue weighted by Gasteiger charge is -2.17. The van der Waals surface area contributed by atoms with Crippen molar-refractivity contribution in [2.45, 2.75) is 11.4 Å². The Labute approximate surface area is 163 Å². The van der Waals surface area contributed by atoms with Crippen LogP contribution in [0, 0.1) is 5.82 Å². The number of carbonyl (C=O) groups is 1. The summed E-state index contributed by atoms with van der Waals surface area (Å²) in [6.45, 7) is 0.509. The zero-order chi connectivity index (χ0) is 20.2. The number of rotatable bonds is 7. The van der Waals surface area contributed by atoms with Gasteiger partial charge in [-0.2, -0.15) is 0 Å². The smallest absolute Gasteiger partial charge is 0.242 e. The first kappa shape index (κ1) is 21.3. The molecule has 1 N–H and O–H groups in total. The summed E-state index contributed by atoms with van der Waals surface area (Å²) in [7, 11) is 0.957. The summed E-state index contributed by atoms with van der Waals surface area (Å²) in [5.74, 6) is -0.665. The van der Waals surface area contributed by atoms with Crippen molar-refractivity contribution in [3.8, 4) is 0 Å². The third-order valence-corrected chi connectivity index (χ3v) is 5.91. The highest BCUT2D eigenvalue weighted by Crippen LogP contribution is 2.26. The van der Waals surface area contributed by atoms with Crippen molar-refractivity contribution in [1.82, 2.24) is 9.21 Å². The van der Waals surface area contributed by atoms with E-state index >= 15 is 0 Å². The topological polar surface area (TPSA) is 69.7 Å². The predicted octanol–water partition coefficient (Wildman–Crippen LogP) is 2.80. The molecule has 146 valence electrons. The molecule has 0 unspecified atom stereocenters. The van der Waals surface area contributed by atoms with Crippen LogP contribution < -0.4 is 5.32 Å². The minimum Gasteiger partial charge on any atom is -0.324 e. The second kappa shape index (κ2) is 8.79. The van der Waals surface area contributed by atoms with Gasteiger partial charge in [0.05, 0.1) is 22.2 Å². The lowest BCUT2D eigenvalue weighted by atomic mass is 10.2. The highest BCUT2D eigenvalue weighted by molar-refractivity contribution is 7.89. The zero-order valence-electron chi connectivity index (χ0n) is 15.2. The predicted molar refractivity (Wildman–Crippen MR) is 104 cm³/mol. The first-order valence-corrected chi connectivity index (χ1v) is 9.86. The first-order chi connectivity index (χ1) is 12.6. The van der Waals surface area contributed by atoms with E-state index in [0.29, 0.717) is 6.54 Å². The summed E-state index contributed by atoms with van der Waals surface area (Å²) in [6.07, 6.45) is 0. The fourth-order valence-corrected chi connectivity index (χ4v) is 3.46. The van der Waals surface area contributed by atoms with Crippen LogP contribution in [0.3, 0.4) is 0 Å².